The fourth-order valence-electron chi connectivity index (χ4n) is 3.94. The number of hydrogen-bond acceptors (Lipinski definition) is 3. The summed E-state index contributed by atoms with van der Waals surface area (Å²) >= 11 is 6.12. The van der Waals surface area contributed by atoms with Gasteiger partial charge >= 0.3 is 0 Å². The zero-order valence-electron chi connectivity index (χ0n) is 15.8. The summed E-state index contributed by atoms with van der Waals surface area (Å²) in [5.41, 5.74) is 9.91. The highest BCUT2D eigenvalue weighted by Crippen LogP contribution is 2.28. The van der Waals surface area contributed by atoms with Gasteiger partial charge in [-0.15, -0.1) is 0 Å². The Kier molecular flexibility index (Phi) is 5.20. The maximum absolute atomic E-state index is 13.3. The van der Waals surface area contributed by atoms with Crippen LogP contribution in [0, 0.1) is 0 Å². The quantitative estimate of drug-likeness (QED) is 0.734. The molecule has 1 amide bonds. The molecule has 28 heavy (non-hydrogen) atoms. The summed E-state index contributed by atoms with van der Waals surface area (Å²) in [4.78, 5) is 15.1. The molecule has 4 rings (SSSR count). The lowest BCUT2D eigenvalue weighted by Gasteiger charge is -2.17. The van der Waals surface area contributed by atoms with Crippen LogP contribution in [0.2, 0.25) is 5.02 Å². The number of rotatable bonds is 4. The van der Waals surface area contributed by atoms with E-state index in [9.17, 15) is 4.79 Å². The number of amides is 1. The number of nitrogens with two attached hydrogens (primary N) is 1. The molecule has 0 radical (unpaired) electrons. The van der Waals surface area contributed by atoms with Crippen molar-refractivity contribution in [3.05, 3.63) is 82.6 Å². The second-order valence-electron chi connectivity index (χ2n) is 7.14. The predicted octanol–water partition coefficient (Wildman–Crippen LogP) is 3.66. The third-order valence-electron chi connectivity index (χ3n) is 5.37. The molecule has 2 atom stereocenters. The highest BCUT2D eigenvalue weighted by atomic mass is 35.5. The summed E-state index contributed by atoms with van der Waals surface area (Å²) in [6, 6.07) is 17.6. The first kappa shape index (κ1) is 18.7. The molecule has 2 aromatic carbocycles. The summed E-state index contributed by atoms with van der Waals surface area (Å²) in [5.74, 6) is 0.136. The van der Waals surface area contributed by atoms with E-state index < -0.39 is 0 Å². The number of aromatic nitrogens is 2. The Morgan fingerprint density at radius 3 is 2.68 bits per heavy atom. The number of hydrogen-bond donors (Lipinski definition) is 1. The van der Waals surface area contributed by atoms with Crippen LogP contribution in [0.5, 0.6) is 0 Å². The molecule has 0 bridgehead atoms. The first-order chi connectivity index (χ1) is 13.6. The molecule has 1 aliphatic heterocycles. The third kappa shape index (κ3) is 3.43. The van der Waals surface area contributed by atoms with Crippen molar-refractivity contribution in [2.75, 3.05) is 13.1 Å². The van der Waals surface area contributed by atoms with Gasteiger partial charge in [-0.1, -0.05) is 54.9 Å². The molecule has 3 aromatic rings. The van der Waals surface area contributed by atoms with Crippen LogP contribution < -0.4 is 5.73 Å². The first-order valence-electron chi connectivity index (χ1n) is 9.51. The standard InChI is InChI=1S/C22H23ClN4O/c1-2-21-18(12-25-27(21)17-10-6-9-16(23)11-17)22(28)26-13-19(20(24)14-26)15-7-4-3-5-8-15/h3-12,19-20H,2,13-14,24H2,1H3/t19-,20+/m0/s1. The summed E-state index contributed by atoms with van der Waals surface area (Å²) < 4.78 is 1.80. The van der Waals surface area contributed by atoms with E-state index in [4.69, 9.17) is 17.3 Å². The van der Waals surface area contributed by atoms with Crippen LogP contribution in [0.15, 0.2) is 60.8 Å². The normalized spacial score (nSPS) is 19.2. The van der Waals surface area contributed by atoms with Crippen LogP contribution in [0.3, 0.4) is 0 Å². The Balaban J connectivity index is 1.61. The average molecular weight is 395 g/mol. The largest absolute Gasteiger partial charge is 0.336 e. The highest BCUT2D eigenvalue weighted by molar-refractivity contribution is 6.30. The molecule has 0 spiro atoms. The van der Waals surface area contributed by atoms with E-state index >= 15 is 0 Å². The maximum Gasteiger partial charge on any atom is 0.257 e. The van der Waals surface area contributed by atoms with Crippen molar-refractivity contribution >= 4 is 17.5 Å². The van der Waals surface area contributed by atoms with E-state index in [1.807, 2.05) is 54.3 Å². The van der Waals surface area contributed by atoms with Gasteiger partial charge < -0.3 is 10.6 Å². The SMILES string of the molecule is CCc1c(C(=O)N2C[C@@H](N)[C@H](c3ccccc3)C2)cnn1-c1cccc(Cl)c1. The number of halogens is 1. The van der Waals surface area contributed by atoms with E-state index in [1.54, 1.807) is 10.9 Å². The molecule has 0 saturated carbocycles. The van der Waals surface area contributed by atoms with E-state index in [0.29, 0.717) is 30.1 Å². The van der Waals surface area contributed by atoms with Gasteiger partial charge in [-0.3, -0.25) is 4.79 Å². The van der Waals surface area contributed by atoms with Crippen molar-refractivity contribution in [1.29, 1.82) is 0 Å². The van der Waals surface area contributed by atoms with Crippen LogP contribution in [0.25, 0.3) is 5.69 Å². The second-order valence-corrected chi connectivity index (χ2v) is 7.58. The van der Waals surface area contributed by atoms with E-state index in [-0.39, 0.29) is 17.9 Å². The molecule has 1 fully saturated rings. The molecule has 6 heteroatoms. The first-order valence-corrected chi connectivity index (χ1v) is 9.89. The van der Waals surface area contributed by atoms with Gasteiger partial charge in [0.25, 0.3) is 5.91 Å². The number of likely N-dealkylation sites (tertiary alicyclic amines) is 1. The van der Waals surface area contributed by atoms with Crippen LogP contribution in [0.1, 0.15) is 34.5 Å². The van der Waals surface area contributed by atoms with Gasteiger partial charge in [-0.05, 0) is 30.2 Å². The molecule has 2 heterocycles. The van der Waals surface area contributed by atoms with Crippen LogP contribution in [-0.2, 0) is 6.42 Å². The monoisotopic (exact) mass is 394 g/mol. The predicted molar refractivity (Wildman–Crippen MR) is 111 cm³/mol. The van der Waals surface area contributed by atoms with E-state index in [2.05, 4.69) is 17.2 Å². The number of carbonyl (C=O) groups excluding carboxylic acids is 1. The fraction of sp³-hybridized carbons (Fsp3) is 0.273. The van der Waals surface area contributed by atoms with Crippen LogP contribution in [-0.4, -0.2) is 39.7 Å². The summed E-state index contributed by atoms with van der Waals surface area (Å²) in [6.45, 7) is 3.19. The van der Waals surface area contributed by atoms with E-state index in [1.165, 1.54) is 5.56 Å². The van der Waals surface area contributed by atoms with Crippen molar-refractivity contribution < 1.29 is 4.79 Å². The lowest BCUT2D eigenvalue weighted by Crippen LogP contribution is -2.32. The Bertz CT molecular complexity index is 985. The van der Waals surface area contributed by atoms with Crippen LogP contribution in [0.4, 0.5) is 0 Å². The van der Waals surface area contributed by atoms with Gasteiger partial charge in [0.1, 0.15) is 0 Å². The Morgan fingerprint density at radius 1 is 1.18 bits per heavy atom. The smallest absolute Gasteiger partial charge is 0.257 e. The summed E-state index contributed by atoms with van der Waals surface area (Å²) in [5, 5.41) is 5.10. The van der Waals surface area contributed by atoms with Crippen molar-refractivity contribution in [3.8, 4) is 5.69 Å². The topological polar surface area (TPSA) is 64.2 Å². The van der Waals surface area contributed by atoms with E-state index in [0.717, 1.165) is 11.4 Å². The summed E-state index contributed by atoms with van der Waals surface area (Å²) in [7, 11) is 0. The molecular weight excluding hydrogens is 372 g/mol. The van der Waals surface area contributed by atoms with Crippen molar-refractivity contribution in [1.82, 2.24) is 14.7 Å². The fourth-order valence-corrected chi connectivity index (χ4v) is 4.13. The Labute approximate surface area is 169 Å². The minimum absolute atomic E-state index is 0.0148. The van der Waals surface area contributed by atoms with Gasteiger partial charge in [-0.2, -0.15) is 5.10 Å². The maximum atomic E-state index is 13.3. The zero-order valence-corrected chi connectivity index (χ0v) is 16.5. The number of benzene rings is 2. The number of carbonyl (C=O) groups is 1. The average Bonchev–Trinajstić information content (AvgIpc) is 3.31. The zero-order chi connectivity index (χ0) is 19.7. The molecule has 2 N–H and O–H groups in total. The van der Waals surface area contributed by atoms with Crippen molar-refractivity contribution in [2.45, 2.75) is 25.3 Å². The molecule has 0 unspecified atom stereocenters. The van der Waals surface area contributed by atoms with Crippen molar-refractivity contribution in [3.63, 3.8) is 0 Å². The molecular formula is C22H23ClN4O. The van der Waals surface area contributed by atoms with Gasteiger partial charge in [-0.25, -0.2) is 4.68 Å². The molecule has 5 nitrogen and oxygen atoms in total. The molecule has 1 aliphatic rings. The highest BCUT2D eigenvalue weighted by Gasteiger charge is 2.35. The Morgan fingerprint density at radius 2 is 1.96 bits per heavy atom. The lowest BCUT2D eigenvalue weighted by molar-refractivity contribution is 0.0788. The Hall–Kier alpha value is -2.63. The minimum atomic E-state index is -0.0700. The third-order valence-corrected chi connectivity index (χ3v) is 5.60. The second kappa shape index (κ2) is 7.78. The lowest BCUT2D eigenvalue weighted by atomic mass is 9.95. The van der Waals surface area contributed by atoms with Gasteiger partial charge in [0.05, 0.1) is 23.1 Å². The summed E-state index contributed by atoms with van der Waals surface area (Å²) in [6.07, 6.45) is 2.35. The van der Waals surface area contributed by atoms with Crippen molar-refractivity contribution in [2.24, 2.45) is 5.73 Å². The van der Waals surface area contributed by atoms with Crippen LogP contribution >= 0.6 is 11.6 Å². The minimum Gasteiger partial charge on any atom is -0.336 e. The number of nitrogens with zero attached hydrogens (tertiary/aromatic N) is 3. The van der Waals surface area contributed by atoms with Gasteiger partial charge in [0, 0.05) is 30.1 Å². The van der Waals surface area contributed by atoms with Gasteiger partial charge in [0.2, 0.25) is 0 Å². The van der Waals surface area contributed by atoms with Gasteiger partial charge in [0.15, 0.2) is 0 Å². The molecule has 1 aromatic heterocycles. The molecule has 1 saturated heterocycles. The molecule has 0 aliphatic carbocycles. The molecule has 144 valence electrons.